The van der Waals surface area contributed by atoms with Gasteiger partial charge in [-0.15, -0.1) is 0 Å². The number of carbonyl (C=O) groups excluding carboxylic acids is 1. The maximum absolute atomic E-state index is 13.6. The Morgan fingerprint density at radius 3 is 2.50 bits per heavy atom. The monoisotopic (exact) mass is 380 g/mol. The third-order valence-electron chi connectivity index (χ3n) is 3.50. The van der Waals surface area contributed by atoms with Crippen LogP contribution in [0.15, 0.2) is 47.4 Å². The molecule has 0 saturated heterocycles. The van der Waals surface area contributed by atoms with E-state index in [1.165, 1.54) is 31.4 Å². The molecule has 6 nitrogen and oxygen atoms in total. The predicted molar refractivity (Wildman–Crippen MR) is 96.0 cm³/mol. The number of hydrogen-bond donors (Lipinski definition) is 2. The van der Waals surface area contributed by atoms with E-state index in [1.807, 2.05) is 0 Å². The molecule has 0 bridgehead atoms. The Labute approximate surface area is 152 Å². The molecule has 0 radical (unpaired) electrons. The topological polar surface area (TPSA) is 84.5 Å². The lowest BCUT2D eigenvalue weighted by Crippen LogP contribution is -2.31. The molecular weight excluding hydrogens is 359 g/mol. The van der Waals surface area contributed by atoms with Crippen LogP contribution in [0.2, 0.25) is 0 Å². The number of nitrogens with one attached hydrogen (secondary N) is 2. The van der Waals surface area contributed by atoms with E-state index in [2.05, 4.69) is 10.0 Å². The maximum atomic E-state index is 13.6. The minimum atomic E-state index is -3.85. The van der Waals surface area contributed by atoms with E-state index in [4.69, 9.17) is 4.74 Å². The van der Waals surface area contributed by atoms with Gasteiger partial charge in [-0.2, -0.15) is 0 Å². The molecule has 0 aromatic heterocycles. The Bertz CT molecular complexity index is 898. The summed E-state index contributed by atoms with van der Waals surface area (Å²) >= 11 is 0. The smallest absolute Gasteiger partial charge is 0.251 e. The molecule has 2 aromatic carbocycles. The van der Waals surface area contributed by atoms with E-state index < -0.39 is 21.7 Å². The van der Waals surface area contributed by atoms with E-state index in [1.54, 1.807) is 32.0 Å². The Morgan fingerprint density at radius 1 is 1.19 bits per heavy atom. The molecule has 0 unspecified atom stereocenters. The summed E-state index contributed by atoms with van der Waals surface area (Å²) in [5, 5.41) is 2.58. The van der Waals surface area contributed by atoms with Crippen LogP contribution in [0, 0.1) is 5.82 Å². The number of benzene rings is 2. The first-order valence-corrected chi connectivity index (χ1v) is 9.45. The number of hydrogen-bond acceptors (Lipinski definition) is 4. The first-order valence-electron chi connectivity index (χ1n) is 7.96. The van der Waals surface area contributed by atoms with Gasteiger partial charge in [0.1, 0.15) is 16.5 Å². The molecule has 140 valence electrons. The number of ether oxygens (including phenoxy) is 1. The average Bonchev–Trinajstić information content (AvgIpc) is 2.59. The molecule has 1 amide bonds. The lowest BCUT2D eigenvalue weighted by Gasteiger charge is -2.14. The van der Waals surface area contributed by atoms with Gasteiger partial charge in [0, 0.05) is 23.7 Å². The number of carbonyl (C=O) groups is 1. The SMILES string of the molecule is COc1ccc(C(=O)NCc2ccccc2F)cc1S(=O)(=O)NC(C)C. The molecule has 2 N–H and O–H groups in total. The van der Waals surface area contributed by atoms with Gasteiger partial charge < -0.3 is 10.1 Å². The number of methoxy groups -OCH3 is 1. The fourth-order valence-corrected chi connectivity index (χ4v) is 3.77. The minimum absolute atomic E-state index is 0.0101. The van der Waals surface area contributed by atoms with Crippen molar-refractivity contribution in [3.8, 4) is 5.75 Å². The normalized spacial score (nSPS) is 11.4. The van der Waals surface area contributed by atoms with Gasteiger partial charge >= 0.3 is 0 Å². The molecule has 0 aliphatic rings. The van der Waals surface area contributed by atoms with Crippen LogP contribution in [0.3, 0.4) is 0 Å². The highest BCUT2D eigenvalue weighted by atomic mass is 32.2. The molecular formula is C18H21FN2O4S. The van der Waals surface area contributed by atoms with Crippen LogP contribution in [0.25, 0.3) is 0 Å². The number of sulfonamides is 1. The Hall–Kier alpha value is -2.45. The van der Waals surface area contributed by atoms with Gasteiger partial charge in [-0.1, -0.05) is 18.2 Å². The van der Waals surface area contributed by atoms with Crippen LogP contribution in [0.4, 0.5) is 4.39 Å². The molecule has 0 aliphatic carbocycles. The van der Waals surface area contributed by atoms with Crippen molar-refractivity contribution < 1.29 is 22.3 Å². The summed E-state index contributed by atoms with van der Waals surface area (Å²) in [4.78, 5) is 12.2. The molecule has 8 heteroatoms. The molecule has 0 fully saturated rings. The zero-order valence-corrected chi connectivity index (χ0v) is 15.6. The summed E-state index contributed by atoms with van der Waals surface area (Å²) in [6.07, 6.45) is 0. The Kier molecular flexibility index (Phi) is 6.33. The van der Waals surface area contributed by atoms with Crippen molar-refractivity contribution in [2.75, 3.05) is 7.11 Å². The Morgan fingerprint density at radius 2 is 1.88 bits per heavy atom. The van der Waals surface area contributed by atoms with Crippen LogP contribution >= 0.6 is 0 Å². The van der Waals surface area contributed by atoms with Crippen molar-refractivity contribution in [1.29, 1.82) is 0 Å². The first-order chi connectivity index (χ1) is 12.2. The first kappa shape index (κ1) is 19.9. The Balaban J connectivity index is 2.26. The second-order valence-electron chi connectivity index (χ2n) is 5.92. The van der Waals surface area contributed by atoms with Crippen LogP contribution in [-0.4, -0.2) is 27.5 Å². The summed E-state index contributed by atoms with van der Waals surface area (Å²) in [6.45, 7) is 3.37. The van der Waals surface area contributed by atoms with Crippen molar-refractivity contribution in [3.63, 3.8) is 0 Å². The van der Waals surface area contributed by atoms with E-state index in [0.717, 1.165) is 0 Å². The fraction of sp³-hybridized carbons (Fsp3) is 0.278. The van der Waals surface area contributed by atoms with Crippen LogP contribution in [0.1, 0.15) is 29.8 Å². The van der Waals surface area contributed by atoms with Gasteiger partial charge in [-0.25, -0.2) is 17.5 Å². The second-order valence-corrected chi connectivity index (χ2v) is 7.60. The highest BCUT2D eigenvalue weighted by molar-refractivity contribution is 7.89. The summed E-state index contributed by atoms with van der Waals surface area (Å²) < 4.78 is 46.1. The van der Waals surface area contributed by atoms with E-state index in [0.29, 0.717) is 5.56 Å². The van der Waals surface area contributed by atoms with Gasteiger partial charge in [-0.05, 0) is 38.1 Å². The highest BCUT2D eigenvalue weighted by Crippen LogP contribution is 2.25. The standard InChI is InChI=1S/C18H21FN2O4S/c1-12(2)21-26(23,24)17-10-13(8-9-16(17)25-3)18(22)20-11-14-6-4-5-7-15(14)19/h4-10,12,21H,11H2,1-3H3,(H,20,22). The maximum Gasteiger partial charge on any atom is 0.251 e. The van der Waals surface area contributed by atoms with Crippen molar-refractivity contribution in [1.82, 2.24) is 10.0 Å². The summed E-state index contributed by atoms with van der Waals surface area (Å²) in [6, 6.07) is 9.87. The van der Waals surface area contributed by atoms with Gasteiger partial charge in [-0.3, -0.25) is 4.79 Å². The zero-order valence-electron chi connectivity index (χ0n) is 14.7. The zero-order chi connectivity index (χ0) is 19.3. The summed E-state index contributed by atoms with van der Waals surface area (Å²) in [5.74, 6) is -0.812. The summed E-state index contributed by atoms with van der Waals surface area (Å²) in [5.41, 5.74) is 0.468. The van der Waals surface area contributed by atoms with Gasteiger partial charge in [0.15, 0.2) is 0 Å². The molecule has 2 rings (SSSR count). The number of halogens is 1. The predicted octanol–water partition coefficient (Wildman–Crippen LogP) is 2.45. The molecule has 26 heavy (non-hydrogen) atoms. The van der Waals surface area contributed by atoms with Crippen molar-refractivity contribution in [2.45, 2.75) is 31.3 Å². The van der Waals surface area contributed by atoms with E-state index >= 15 is 0 Å². The number of rotatable bonds is 7. The van der Waals surface area contributed by atoms with E-state index in [-0.39, 0.29) is 28.8 Å². The van der Waals surface area contributed by atoms with Crippen LogP contribution in [-0.2, 0) is 16.6 Å². The molecule has 0 spiro atoms. The van der Waals surface area contributed by atoms with Crippen molar-refractivity contribution >= 4 is 15.9 Å². The third kappa shape index (κ3) is 4.80. The summed E-state index contributed by atoms with van der Waals surface area (Å²) in [7, 11) is -2.50. The van der Waals surface area contributed by atoms with Gasteiger partial charge in [0.2, 0.25) is 10.0 Å². The molecule has 2 aromatic rings. The quantitative estimate of drug-likeness (QED) is 0.773. The fourth-order valence-electron chi connectivity index (χ4n) is 2.32. The molecule has 0 aliphatic heterocycles. The minimum Gasteiger partial charge on any atom is -0.495 e. The van der Waals surface area contributed by atoms with Gasteiger partial charge in [0.05, 0.1) is 7.11 Å². The second kappa shape index (κ2) is 8.29. The van der Waals surface area contributed by atoms with E-state index in [9.17, 15) is 17.6 Å². The molecule has 0 atom stereocenters. The third-order valence-corrected chi connectivity index (χ3v) is 5.18. The van der Waals surface area contributed by atoms with Crippen molar-refractivity contribution in [2.24, 2.45) is 0 Å². The van der Waals surface area contributed by atoms with Crippen molar-refractivity contribution in [3.05, 3.63) is 59.4 Å². The number of amides is 1. The largest absolute Gasteiger partial charge is 0.495 e. The lowest BCUT2D eigenvalue weighted by molar-refractivity contribution is 0.0950. The highest BCUT2D eigenvalue weighted by Gasteiger charge is 2.22. The van der Waals surface area contributed by atoms with Crippen LogP contribution in [0.5, 0.6) is 5.75 Å². The molecule has 0 saturated carbocycles. The van der Waals surface area contributed by atoms with Gasteiger partial charge in [0.25, 0.3) is 5.91 Å². The van der Waals surface area contributed by atoms with Crippen LogP contribution < -0.4 is 14.8 Å². The average molecular weight is 380 g/mol. The molecule has 0 heterocycles. The lowest BCUT2D eigenvalue weighted by atomic mass is 10.2.